The third kappa shape index (κ3) is 5.03. The Labute approximate surface area is 200 Å². The molecule has 178 valence electrons. The largest absolute Gasteiger partial charge is 0.328 e. The van der Waals surface area contributed by atoms with Crippen LogP contribution in [0.4, 0.5) is 0 Å². The lowest BCUT2D eigenvalue weighted by atomic mass is 9.98. The molecule has 2 aromatic heterocycles. The van der Waals surface area contributed by atoms with Gasteiger partial charge in [-0.15, -0.1) is 5.10 Å². The van der Waals surface area contributed by atoms with Gasteiger partial charge in [0.1, 0.15) is 0 Å². The van der Waals surface area contributed by atoms with Crippen molar-refractivity contribution in [2.45, 2.75) is 66.5 Å². The quantitative estimate of drug-likeness (QED) is 0.352. The van der Waals surface area contributed by atoms with Crippen molar-refractivity contribution in [1.82, 2.24) is 29.8 Å². The summed E-state index contributed by atoms with van der Waals surface area (Å²) in [5.41, 5.74) is 6.60. The van der Waals surface area contributed by atoms with Crippen LogP contribution < -0.4 is 5.69 Å². The average Bonchev–Trinajstić information content (AvgIpc) is 3.45. The zero-order chi connectivity index (χ0) is 24.1. The van der Waals surface area contributed by atoms with Crippen LogP contribution in [-0.4, -0.2) is 29.8 Å². The van der Waals surface area contributed by atoms with E-state index in [4.69, 9.17) is 0 Å². The van der Waals surface area contributed by atoms with E-state index >= 15 is 0 Å². The highest BCUT2D eigenvalue weighted by Gasteiger charge is 2.17. The number of benzene rings is 2. The number of tetrazole rings is 1. The van der Waals surface area contributed by atoms with Gasteiger partial charge < -0.3 is 0 Å². The maximum absolute atomic E-state index is 13.4. The number of rotatable bonds is 10. The molecule has 0 atom stereocenters. The minimum absolute atomic E-state index is 0.108. The number of H-pyrrole nitrogens is 1. The zero-order valence-corrected chi connectivity index (χ0v) is 20.6. The standard InChI is InChI=1S/C27H34N6O/c1-5-6-11-25-20(4)32(17-16-19(2)3)27(34)33(25)18-21-12-14-22(15-13-21)23-9-7-8-10-24(23)26-28-30-31-29-26/h7-10,12-15,19H,5-6,11,16-18H2,1-4H3,(H,28,29,30,31). The van der Waals surface area contributed by atoms with E-state index in [2.05, 4.69) is 78.7 Å². The van der Waals surface area contributed by atoms with E-state index in [1.807, 2.05) is 27.3 Å². The molecular weight excluding hydrogens is 424 g/mol. The zero-order valence-electron chi connectivity index (χ0n) is 20.6. The van der Waals surface area contributed by atoms with Crippen LogP contribution in [0.1, 0.15) is 57.0 Å². The second-order valence-electron chi connectivity index (χ2n) is 9.33. The molecular formula is C27H34N6O. The lowest BCUT2D eigenvalue weighted by Gasteiger charge is -2.10. The highest BCUT2D eigenvalue weighted by molar-refractivity contribution is 5.80. The first-order valence-corrected chi connectivity index (χ1v) is 12.2. The van der Waals surface area contributed by atoms with Gasteiger partial charge in [-0.2, -0.15) is 0 Å². The number of hydrogen-bond acceptors (Lipinski definition) is 4. The Bertz CT molecular complexity index is 1270. The first-order valence-electron chi connectivity index (χ1n) is 12.2. The summed E-state index contributed by atoms with van der Waals surface area (Å²) in [5.74, 6) is 1.21. The van der Waals surface area contributed by atoms with Crippen molar-refractivity contribution in [3.63, 3.8) is 0 Å². The summed E-state index contributed by atoms with van der Waals surface area (Å²) in [6.07, 6.45) is 4.13. The number of unbranched alkanes of at least 4 members (excludes halogenated alkanes) is 1. The third-order valence-corrected chi connectivity index (χ3v) is 6.44. The topological polar surface area (TPSA) is 81.4 Å². The monoisotopic (exact) mass is 458 g/mol. The average molecular weight is 459 g/mol. The van der Waals surface area contributed by atoms with Gasteiger partial charge in [0.2, 0.25) is 0 Å². The van der Waals surface area contributed by atoms with Gasteiger partial charge in [0, 0.05) is 23.5 Å². The molecule has 0 unspecified atom stereocenters. The molecule has 0 amide bonds. The lowest BCUT2D eigenvalue weighted by Crippen LogP contribution is -2.26. The Morgan fingerprint density at radius 2 is 1.74 bits per heavy atom. The van der Waals surface area contributed by atoms with Gasteiger partial charge in [-0.3, -0.25) is 9.13 Å². The number of aromatic amines is 1. The normalized spacial score (nSPS) is 11.4. The Kier molecular flexibility index (Phi) is 7.40. The van der Waals surface area contributed by atoms with Gasteiger partial charge in [0.05, 0.1) is 6.54 Å². The second kappa shape index (κ2) is 10.6. The van der Waals surface area contributed by atoms with Crippen LogP contribution in [0.3, 0.4) is 0 Å². The molecule has 0 saturated carbocycles. The molecule has 4 rings (SSSR count). The summed E-state index contributed by atoms with van der Waals surface area (Å²) in [6, 6.07) is 16.5. The van der Waals surface area contributed by atoms with Gasteiger partial charge in [-0.05, 0) is 59.2 Å². The van der Waals surface area contributed by atoms with Crippen LogP contribution in [0.5, 0.6) is 0 Å². The summed E-state index contributed by atoms with van der Waals surface area (Å²) in [7, 11) is 0. The Hall–Kier alpha value is -3.48. The molecule has 0 spiro atoms. The van der Waals surface area contributed by atoms with Crippen LogP contribution >= 0.6 is 0 Å². The fourth-order valence-electron chi connectivity index (χ4n) is 4.42. The highest BCUT2D eigenvalue weighted by Crippen LogP contribution is 2.30. The molecule has 0 saturated heterocycles. The molecule has 1 N–H and O–H groups in total. The first kappa shape index (κ1) is 23.7. The van der Waals surface area contributed by atoms with Crippen LogP contribution in [-0.2, 0) is 19.5 Å². The number of nitrogens with zero attached hydrogens (tertiary/aromatic N) is 5. The summed E-state index contributed by atoms with van der Waals surface area (Å²) in [5, 5.41) is 14.3. The number of aromatic nitrogens is 6. The smallest absolute Gasteiger partial charge is 0.296 e. The fraction of sp³-hybridized carbons (Fsp3) is 0.407. The van der Waals surface area contributed by atoms with E-state index in [1.54, 1.807) is 0 Å². The predicted octanol–water partition coefficient (Wildman–Crippen LogP) is 5.24. The second-order valence-corrected chi connectivity index (χ2v) is 9.33. The maximum atomic E-state index is 13.4. The van der Waals surface area contributed by atoms with E-state index in [0.29, 0.717) is 18.3 Å². The molecule has 0 aliphatic carbocycles. The van der Waals surface area contributed by atoms with Gasteiger partial charge in [-0.1, -0.05) is 75.7 Å². The van der Waals surface area contributed by atoms with Crippen LogP contribution in [0.25, 0.3) is 22.5 Å². The predicted molar refractivity (Wildman–Crippen MR) is 136 cm³/mol. The minimum atomic E-state index is 0.108. The molecule has 2 aromatic carbocycles. The Morgan fingerprint density at radius 1 is 1.00 bits per heavy atom. The number of hydrogen-bond donors (Lipinski definition) is 1. The van der Waals surface area contributed by atoms with Crippen LogP contribution in [0.15, 0.2) is 53.3 Å². The molecule has 4 aromatic rings. The van der Waals surface area contributed by atoms with Crippen molar-refractivity contribution in [2.75, 3.05) is 0 Å². The van der Waals surface area contributed by atoms with E-state index in [9.17, 15) is 4.79 Å². The summed E-state index contributed by atoms with van der Waals surface area (Å²) in [4.78, 5) is 13.4. The summed E-state index contributed by atoms with van der Waals surface area (Å²) < 4.78 is 3.95. The van der Waals surface area contributed by atoms with Gasteiger partial charge >= 0.3 is 5.69 Å². The van der Waals surface area contributed by atoms with Gasteiger partial charge in [0.15, 0.2) is 5.82 Å². The van der Waals surface area contributed by atoms with E-state index in [1.165, 1.54) is 5.69 Å². The number of nitrogens with one attached hydrogen (secondary N) is 1. The molecule has 34 heavy (non-hydrogen) atoms. The van der Waals surface area contributed by atoms with Crippen molar-refractivity contribution in [3.05, 3.63) is 76.0 Å². The fourth-order valence-corrected chi connectivity index (χ4v) is 4.42. The van der Waals surface area contributed by atoms with Gasteiger partial charge in [0.25, 0.3) is 0 Å². The van der Waals surface area contributed by atoms with Crippen molar-refractivity contribution < 1.29 is 0 Å². The Balaban J connectivity index is 1.63. The first-order chi connectivity index (χ1) is 16.5. The van der Waals surface area contributed by atoms with E-state index in [-0.39, 0.29) is 5.69 Å². The lowest BCUT2D eigenvalue weighted by molar-refractivity contribution is 0.498. The summed E-state index contributed by atoms with van der Waals surface area (Å²) >= 11 is 0. The molecule has 7 nitrogen and oxygen atoms in total. The molecule has 0 aliphatic rings. The SMILES string of the molecule is CCCCc1c(C)n(CCC(C)C)c(=O)n1Cc1ccc(-c2ccccc2-c2nnn[nH]2)cc1. The molecule has 2 heterocycles. The van der Waals surface area contributed by atoms with Crippen LogP contribution in [0, 0.1) is 12.8 Å². The van der Waals surface area contributed by atoms with Crippen LogP contribution in [0.2, 0.25) is 0 Å². The van der Waals surface area contributed by atoms with Gasteiger partial charge in [-0.25, -0.2) is 9.89 Å². The number of imidazole rings is 1. The molecule has 0 fully saturated rings. The van der Waals surface area contributed by atoms with E-state index < -0.39 is 0 Å². The van der Waals surface area contributed by atoms with Crippen molar-refractivity contribution >= 4 is 0 Å². The molecule has 0 radical (unpaired) electrons. The summed E-state index contributed by atoms with van der Waals surface area (Å²) in [6.45, 7) is 10.1. The molecule has 0 aliphatic heterocycles. The van der Waals surface area contributed by atoms with Crippen molar-refractivity contribution in [1.29, 1.82) is 0 Å². The van der Waals surface area contributed by atoms with E-state index in [0.717, 1.165) is 60.2 Å². The third-order valence-electron chi connectivity index (χ3n) is 6.44. The molecule has 7 heteroatoms. The molecule has 0 bridgehead atoms. The van der Waals surface area contributed by atoms with Crippen molar-refractivity contribution in [2.24, 2.45) is 5.92 Å². The highest BCUT2D eigenvalue weighted by atomic mass is 16.1. The maximum Gasteiger partial charge on any atom is 0.328 e. The minimum Gasteiger partial charge on any atom is -0.296 e. The Morgan fingerprint density at radius 3 is 2.38 bits per heavy atom. The van der Waals surface area contributed by atoms with Crippen molar-refractivity contribution in [3.8, 4) is 22.5 Å².